The molecule has 2 aromatic rings. The molecule has 21 heavy (non-hydrogen) atoms. The Morgan fingerprint density at radius 1 is 1.38 bits per heavy atom. The van der Waals surface area contributed by atoms with Crippen LogP contribution in [0.15, 0.2) is 39.9 Å². The van der Waals surface area contributed by atoms with Gasteiger partial charge in [-0.3, -0.25) is 9.59 Å². The van der Waals surface area contributed by atoms with E-state index < -0.39 is 5.97 Å². The minimum atomic E-state index is -0.418. The first-order valence-corrected chi connectivity index (χ1v) is 7.71. The third-order valence-corrected chi connectivity index (χ3v) is 4.40. The molecule has 1 aromatic carbocycles. The van der Waals surface area contributed by atoms with Crippen LogP contribution < -0.4 is 9.47 Å². The topological polar surface area (TPSA) is 52.6 Å². The third kappa shape index (κ3) is 2.91. The molecule has 0 radical (unpaired) electrons. The van der Waals surface area contributed by atoms with Crippen molar-refractivity contribution in [3.63, 3.8) is 0 Å². The number of hydrogen-bond acceptors (Lipinski definition) is 5. The number of carbonyl (C=O) groups is 2. The summed E-state index contributed by atoms with van der Waals surface area (Å²) in [6.07, 6.45) is 1.70. The predicted octanol–water partition coefficient (Wildman–Crippen LogP) is 4.05. The van der Waals surface area contributed by atoms with E-state index in [1.54, 1.807) is 24.3 Å². The number of fused-ring (bicyclic) bond motifs is 1. The van der Waals surface area contributed by atoms with E-state index in [4.69, 9.17) is 9.47 Å². The molecule has 0 atom stereocenters. The van der Waals surface area contributed by atoms with Crippen LogP contribution in [0.25, 0.3) is 6.08 Å². The molecule has 2 heterocycles. The molecule has 0 saturated carbocycles. The van der Waals surface area contributed by atoms with Gasteiger partial charge in [0.25, 0.3) is 0 Å². The number of allylic oxidation sites excluding steroid dienone is 1. The number of halogens is 1. The number of thiophene rings is 1. The Hall–Kier alpha value is -1.92. The zero-order valence-electron chi connectivity index (χ0n) is 10.9. The first-order valence-electron chi connectivity index (χ1n) is 6.03. The van der Waals surface area contributed by atoms with E-state index in [1.165, 1.54) is 18.3 Å². The fourth-order valence-corrected chi connectivity index (χ4v) is 3.30. The van der Waals surface area contributed by atoms with Crippen LogP contribution in [-0.4, -0.2) is 11.8 Å². The molecule has 4 nitrogen and oxygen atoms in total. The van der Waals surface area contributed by atoms with Gasteiger partial charge in [0, 0.05) is 33.8 Å². The minimum Gasteiger partial charge on any atom is -0.452 e. The van der Waals surface area contributed by atoms with Crippen LogP contribution in [0.3, 0.4) is 0 Å². The number of benzene rings is 1. The maximum atomic E-state index is 12.2. The van der Waals surface area contributed by atoms with Crippen molar-refractivity contribution < 1.29 is 19.1 Å². The average molecular weight is 365 g/mol. The summed E-state index contributed by atoms with van der Waals surface area (Å²) in [4.78, 5) is 24.1. The highest BCUT2D eigenvalue weighted by atomic mass is 79.9. The molecule has 0 aliphatic carbocycles. The Morgan fingerprint density at radius 3 is 2.86 bits per heavy atom. The Kier molecular flexibility index (Phi) is 3.65. The maximum Gasteiger partial charge on any atom is 0.308 e. The molecule has 0 spiro atoms. The van der Waals surface area contributed by atoms with Gasteiger partial charge in [0.2, 0.25) is 5.78 Å². The van der Waals surface area contributed by atoms with Crippen molar-refractivity contribution >= 4 is 45.1 Å². The Morgan fingerprint density at radius 2 is 2.19 bits per heavy atom. The van der Waals surface area contributed by atoms with E-state index >= 15 is 0 Å². The van der Waals surface area contributed by atoms with Gasteiger partial charge in [0.05, 0.1) is 5.56 Å². The van der Waals surface area contributed by atoms with Crippen molar-refractivity contribution in [1.29, 1.82) is 0 Å². The van der Waals surface area contributed by atoms with Gasteiger partial charge in [0.1, 0.15) is 11.5 Å². The lowest BCUT2D eigenvalue weighted by Crippen LogP contribution is -2.01. The Bertz CT molecular complexity index is 776. The van der Waals surface area contributed by atoms with E-state index in [9.17, 15) is 9.59 Å². The molecule has 3 rings (SSSR count). The Labute approximate surface area is 133 Å². The lowest BCUT2D eigenvalue weighted by atomic mass is 10.1. The van der Waals surface area contributed by atoms with Crippen LogP contribution in [0.4, 0.5) is 0 Å². The number of ketones is 1. The highest BCUT2D eigenvalue weighted by Crippen LogP contribution is 2.35. The van der Waals surface area contributed by atoms with Gasteiger partial charge in [-0.1, -0.05) is 0 Å². The van der Waals surface area contributed by atoms with Crippen molar-refractivity contribution in [3.8, 4) is 11.5 Å². The lowest BCUT2D eigenvalue weighted by molar-refractivity contribution is -0.131. The molecule has 6 heteroatoms. The molecule has 106 valence electrons. The number of hydrogen-bond donors (Lipinski definition) is 0. The SMILES string of the molecule is CC(=O)Oc1ccc2c(c1)OC(=Cc1cc(Br)cs1)C2=O. The second-order valence-electron chi connectivity index (χ2n) is 4.36. The van der Waals surface area contributed by atoms with Gasteiger partial charge in [-0.15, -0.1) is 11.3 Å². The quantitative estimate of drug-likeness (QED) is 0.458. The molecule has 0 bridgehead atoms. The monoisotopic (exact) mass is 364 g/mol. The van der Waals surface area contributed by atoms with Gasteiger partial charge in [-0.05, 0) is 34.1 Å². The average Bonchev–Trinajstić information content (AvgIpc) is 2.94. The van der Waals surface area contributed by atoms with Crippen LogP contribution >= 0.6 is 27.3 Å². The van der Waals surface area contributed by atoms with Gasteiger partial charge >= 0.3 is 5.97 Å². The van der Waals surface area contributed by atoms with Crippen LogP contribution in [0.2, 0.25) is 0 Å². The largest absolute Gasteiger partial charge is 0.452 e. The summed E-state index contributed by atoms with van der Waals surface area (Å²) in [5, 5.41) is 1.93. The molecule has 1 aromatic heterocycles. The summed E-state index contributed by atoms with van der Waals surface area (Å²) in [5.74, 6) is 0.427. The fourth-order valence-electron chi connectivity index (χ4n) is 1.93. The van der Waals surface area contributed by atoms with Crippen LogP contribution in [0.1, 0.15) is 22.2 Å². The molecule has 0 amide bonds. The van der Waals surface area contributed by atoms with Gasteiger partial charge in [-0.25, -0.2) is 0 Å². The molecule has 0 unspecified atom stereocenters. The highest BCUT2D eigenvalue weighted by molar-refractivity contribution is 9.10. The van der Waals surface area contributed by atoms with Crippen molar-refractivity contribution in [1.82, 2.24) is 0 Å². The minimum absolute atomic E-state index is 0.177. The molecule has 0 N–H and O–H groups in total. The Balaban J connectivity index is 1.91. The van der Waals surface area contributed by atoms with Crippen LogP contribution in [0, 0.1) is 0 Å². The number of rotatable bonds is 2. The lowest BCUT2D eigenvalue weighted by Gasteiger charge is -2.02. The second kappa shape index (κ2) is 5.46. The normalized spacial score (nSPS) is 15.0. The van der Waals surface area contributed by atoms with Gasteiger partial charge in [-0.2, -0.15) is 0 Å². The highest BCUT2D eigenvalue weighted by Gasteiger charge is 2.28. The molecule has 1 aliphatic heterocycles. The van der Waals surface area contributed by atoms with Crippen molar-refractivity contribution in [3.05, 3.63) is 50.3 Å². The van der Waals surface area contributed by atoms with Gasteiger partial charge in [0.15, 0.2) is 5.76 Å². The molecule has 0 fully saturated rings. The number of esters is 1. The van der Waals surface area contributed by atoms with Crippen LogP contribution in [-0.2, 0) is 4.79 Å². The van der Waals surface area contributed by atoms with E-state index in [1.807, 2.05) is 11.4 Å². The standard InChI is InChI=1S/C15H9BrO4S/c1-8(17)19-10-2-3-12-13(5-10)20-14(15(12)18)6-11-4-9(16)7-21-11/h2-7H,1H3. The number of Topliss-reactive ketones (excluding diaryl/α,β-unsaturated/α-hetero) is 1. The molecule has 1 aliphatic rings. The summed E-state index contributed by atoms with van der Waals surface area (Å²) in [6.45, 7) is 1.32. The summed E-state index contributed by atoms with van der Waals surface area (Å²) in [6, 6.07) is 6.62. The van der Waals surface area contributed by atoms with Crippen molar-refractivity contribution in [2.45, 2.75) is 6.92 Å². The fraction of sp³-hybridized carbons (Fsp3) is 0.0667. The van der Waals surface area contributed by atoms with Crippen molar-refractivity contribution in [2.75, 3.05) is 0 Å². The zero-order chi connectivity index (χ0) is 15.0. The number of ether oxygens (including phenoxy) is 2. The summed E-state index contributed by atoms with van der Waals surface area (Å²) in [5.41, 5.74) is 0.466. The van der Waals surface area contributed by atoms with E-state index in [2.05, 4.69) is 15.9 Å². The first kappa shape index (κ1) is 14.0. The van der Waals surface area contributed by atoms with E-state index in [0.29, 0.717) is 17.1 Å². The predicted molar refractivity (Wildman–Crippen MR) is 82.7 cm³/mol. The summed E-state index contributed by atoms with van der Waals surface area (Å²) in [7, 11) is 0. The third-order valence-electron chi connectivity index (χ3n) is 2.76. The molecular formula is C15H9BrO4S. The maximum absolute atomic E-state index is 12.2. The van der Waals surface area contributed by atoms with Crippen molar-refractivity contribution in [2.24, 2.45) is 0 Å². The van der Waals surface area contributed by atoms with Gasteiger partial charge < -0.3 is 9.47 Å². The summed E-state index contributed by atoms with van der Waals surface area (Å²) >= 11 is 4.87. The van der Waals surface area contributed by atoms with E-state index in [-0.39, 0.29) is 11.5 Å². The molecular weight excluding hydrogens is 356 g/mol. The van der Waals surface area contributed by atoms with Crippen LogP contribution in [0.5, 0.6) is 11.5 Å². The zero-order valence-corrected chi connectivity index (χ0v) is 13.3. The molecule has 0 saturated heterocycles. The van der Waals surface area contributed by atoms with E-state index in [0.717, 1.165) is 9.35 Å². The summed E-state index contributed by atoms with van der Waals surface area (Å²) < 4.78 is 11.5. The second-order valence-corrected chi connectivity index (χ2v) is 6.22. The first-order chi connectivity index (χ1) is 10.0. The number of carbonyl (C=O) groups excluding carboxylic acids is 2. The smallest absolute Gasteiger partial charge is 0.308 e.